The number of nitrogens with zero attached hydrogens (tertiary/aromatic N) is 2. The fraction of sp³-hybridized carbons (Fsp3) is 0.412. The van der Waals surface area contributed by atoms with Gasteiger partial charge in [0.05, 0.1) is 31.9 Å². The van der Waals surface area contributed by atoms with E-state index >= 15 is 0 Å². The summed E-state index contributed by atoms with van der Waals surface area (Å²) in [6.07, 6.45) is 5.19. The molecule has 254 valence electrons. The van der Waals surface area contributed by atoms with Gasteiger partial charge in [0.1, 0.15) is 18.3 Å². The van der Waals surface area contributed by atoms with Crippen LogP contribution in [0.4, 0.5) is 5.69 Å². The van der Waals surface area contributed by atoms with Crippen molar-refractivity contribution >= 4 is 50.7 Å². The molecule has 4 rings (SSSR count). The van der Waals surface area contributed by atoms with Crippen molar-refractivity contribution in [2.45, 2.75) is 69.0 Å². The average molecular weight is 707 g/mol. The van der Waals surface area contributed by atoms with Crippen LogP contribution in [-0.2, 0) is 26.2 Å². The molecule has 0 saturated heterocycles. The molecule has 47 heavy (non-hydrogen) atoms. The Balaban J connectivity index is 1.80. The third-order valence-electron chi connectivity index (χ3n) is 8.27. The van der Waals surface area contributed by atoms with E-state index in [0.717, 1.165) is 36.4 Å². The lowest BCUT2D eigenvalue weighted by Gasteiger charge is -2.35. The molecule has 1 fully saturated rings. The zero-order valence-corrected chi connectivity index (χ0v) is 29.3. The van der Waals surface area contributed by atoms with Crippen LogP contribution < -0.4 is 23.8 Å². The van der Waals surface area contributed by atoms with Gasteiger partial charge in [-0.2, -0.15) is 0 Å². The molecular weight excluding hydrogens is 665 g/mol. The highest BCUT2D eigenvalue weighted by molar-refractivity contribution is 7.92. The maximum atomic E-state index is 14.5. The number of carbonyl (C=O) groups excluding carboxylic acids is 2. The summed E-state index contributed by atoms with van der Waals surface area (Å²) in [5.41, 5.74) is 0.654. The van der Waals surface area contributed by atoms with Crippen LogP contribution in [0.2, 0.25) is 10.0 Å². The first-order valence-corrected chi connectivity index (χ1v) is 17.6. The number of anilines is 1. The third-order valence-corrected chi connectivity index (χ3v) is 10.6. The quantitative estimate of drug-likeness (QED) is 0.204. The summed E-state index contributed by atoms with van der Waals surface area (Å²) in [7, 11) is -0.235. The number of hydrogen-bond acceptors (Lipinski definition) is 7. The molecule has 0 aromatic heterocycles. The van der Waals surface area contributed by atoms with Gasteiger partial charge in [-0.05, 0) is 61.2 Å². The monoisotopic (exact) mass is 705 g/mol. The first-order chi connectivity index (χ1) is 22.5. The second-order valence-corrected chi connectivity index (χ2v) is 13.9. The van der Waals surface area contributed by atoms with Gasteiger partial charge in [-0.25, -0.2) is 8.42 Å². The van der Waals surface area contributed by atoms with Crippen LogP contribution in [-0.4, -0.2) is 65.1 Å². The molecule has 3 aromatic rings. The van der Waals surface area contributed by atoms with E-state index < -0.39 is 28.5 Å². The number of halogens is 2. The van der Waals surface area contributed by atoms with Crippen molar-refractivity contribution in [1.29, 1.82) is 0 Å². The second-order valence-electron chi connectivity index (χ2n) is 11.2. The fourth-order valence-corrected chi connectivity index (χ4v) is 7.54. The molecule has 10 nitrogen and oxygen atoms in total. The van der Waals surface area contributed by atoms with Gasteiger partial charge in [0.2, 0.25) is 11.8 Å². The number of methoxy groups -OCH3 is 3. The Labute approximate surface area is 286 Å². The van der Waals surface area contributed by atoms with Crippen molar-refractivity contribution in [2.75, 3.05) is 32.2 Å². The molecule has 0 spiro atoms. The zero-order valence-electron chi connectivity index (χ0n) is 27.0. The highest BCUT2D eigenvalue weighted by atomic mass is 35.5. The van der Waals surface area contributed by atoms with Crippen LogP contribution in [0.1, 0.15) is 51.0 Å². The van der Waals surface area contributed by atoms with Gasteiger partial charge < -0.3 is 24.4 Å². The predicted octanol–water partition coefficient (Wildman–Crippen LogP) is 6.47. The van der Waals surface area contributed by atoms with Crippen LogP contribution in [0.15, 0.2) is 65.6 Å². The van der Waals surface area contributed by atoms with E-state index in [1.807, 2.05) is 6.92 Å². The number of amides is 2. The van der Waals surface area contributed by atoms with E-state index in [4.69, 9.17) is 37.4 Å². The number of hydrogen-bond donors (Lipinski definition) is 1. The lowest BCUT2D eigenvalue weighted by molar-refractivity contribution is -0.140. The maximum absolute atomic E-state index is 14.5. The van der Waals surface area contributed by atoms with Crippen LogP contribution in [0.3, 0.4) is 0 Å². The summed E-state index contributed by atoms with van der Waals surface area (Å²) in [6, 6.07) is 14.8. The Morgan fingerprint density at radius 2 is 1.55 bits per heavy atom. The minimum atomic E-state index is -4.46. The summed E-state index contributed by atoms with van der Waals surface area (Å²) in [5, 5.41) is 3.78. The Bertz CT molecular complexity index is 1670. The van der Waals surface area contributed by atoms with Crippen molar-refractivity contribution in [3.63, 3.8) is 0 Å². The molecule has 1 N–H and O–H groups in total. The van der Waals surface area contributed by atoms with Gasteiger partial charge in [0.25, 0.3) is 10.0 Å². The molecule has 0 heterocycles. The molecule has 13 heteroatoms. The van der Waals surface area contributed by atoms with E-state index in [-0.39, 0.29) is 52.0 Å². The van der Waals surface area contributed by atoms with Crippen molar-refractivity contribution < 1.29 is 32.2 Å². The molecule has 1 aliphatic carbocycles. The van der Waals surface area contributed by atoms with E-state index in [2.05, 4.69) is 5.32 Å². The normalized spacial score (nSPS) is 14.2. The number of benzene rings is 3. The molecule has 0 bridgehead atoms. The van der Waals surface area contributed by atoms with Crippen molar-refractivity contribution in [2.24, 2.45) is 0 Å². The lowest BCUT2D eigenvalue weighted by atomic mass is 9.95. The van der Waals surface area contributed by atoms with Gasteiger partial charge in [-0.3, -0.25) is 13.9 Å². The Hall–Kier alpha value is -3.67. The molecule has 1 aliphatic rings. The molecular formula is C34H41Cl2N3O7S. The molecule has 1 atom stereocenters. The Kier molecular flexibility index (Phi) is 12.6. The van der Waals surface area contributed by atoms with E-state index in [1.54, 1.807) is 30.3 Å². The lowest BCUT2D eigenvalue weighted by Crippen LogP contribution is -2.54. The second kappa shape index (κ2) is 16.4. The van der Waals surface area contributed by atoms with E-state index in [0.29, 0.717) is 16.3 Å². The van der Waals surface area contributed by atoms with Gasteiger partial charge in [-0.15, -0.1) is 0 Å². The highest BCUT2D eigenvalue weighted by Gasteiger charge is 2.36. The van der Waals surface area contributed by atoms with Crippen molar-refractivity contribution in [3.8, 4) is 17.2 Å². The first-order valence-electron chi connectivity index (χ1n) is 15.5. The Morgan fingerprint density at radius 1 is 0.894 bits per heavy atom. The van der Waals surface area contributed by atoms with Gasteiger partial charge in [-0.1, -0.05) is 67.6 Å². The predicted molar refractivity (Wildman–Crippen MR) is 183 cm³/mol. The van der Waals surface area contributed by atoms with Crippen LogP contribution >= 0.6 is 23.2 Å². The number of ether oxygens (including phenoxy) is 3. The topological polar surface area (TPSA) is 114 Å². The first kappa shape index (κ1) is 36.2. The SMILES string of the molecule is CC[C@H](C(=O)NC1CCCCC1)N(Cc1ccccc1Cl)C(=O)CN(c1cc(Cl)ccc1OC)S(=O)(=O)c1ccc(OC)c(OC)c1. The highest BCUT2D eigenvalue weighted by Crippen LogP contribution is 2.37. The largest absolute Gasteiger partial charge is 0.495 e. The number of nitrogens with one attached hydrogen (secondary N) is 1. The van der Waals surface area contributed by atoms with Crippen LogP contribution in [0.25, 0.3) is 0 Å². The van der Waals surface area contributed by atoms with Crippen molar-refractivity contribution in [1.82, 2.24) is 10.2 Å². The number of sulfonamides is 1. The summed E-state index contributed by atoms with van der Waals surface area (Å²) in [5.74, 6) is -0.235. The zero-order chi connectivity index (χ0) is 34.1. The summed E-state index contributed by atoms with van der Waals surface area (Å²) in [6.45, 7) is 1.12. The number of rotatable bonds is 14. The minimum Gasteiger partial charge on any atom is -0.495 e. The average Bonchev–Trinajstić information content (AvgIpc) is 3.07. The van der Waals surface area contributed by atoms with Gasteiger partial charge in [0, 0.05) is 28.7 Å². The summed E-state index contributed by atoms with van der Waals surface area (Å²) >= 11 is 12.9. The fourth-order valence-electron chi connectivity index (χ4n) is 5.75. The molecule has 2 amide bonds. The molecule has 3 aromatic carbocycles. The van der Waals surface area contributed by atoms with Crippen LogP contribution in [0, 0.1) is 0 Å². The molecule has 1 saturated carbocycles. The van der Waals surface area contributed by atoms with Crippen molar-refractivity contribution in [3.05, 3.63) is 76.3 Å². The standard InChI is InChI=1S/C34H41Cl2N3O7S/c1-5-28(34(41)37-25-12-7-6-8-13-25)38(21-23-11-9-10-14-27(23)36)33(40)22-39(29-19-24(35)15-17-30(29)44-2)47(42,43)26-16-18-31(45-3)32(20-26)46-4/h9-11,14-20,25,28H,5-8,12-13,21-22H2,1-4H3,(H,37,41)/t28-/m1/s1. The van der Waals surface area contributed by atoms with Gasteiger partial charge >= 0.3 is 0 Å². The Morgan fingerprint density at radius 3 is 2.19 bits per heavy atom. The third kappa shape index (κ3) is 8.63. The smallest absolute Gasteiger partial charge is 0.265 e. The minimum absolute atomic E-state index is 0.0141. The molecule has 0 radical (unpaired) electrons. The van der Waals surface area contributed by atoms with Gasteiger partial charge in [0.15, 0.2) is 11.5 Å². The summed E-state index contributed by atoms with van der Waals surface area (Å²) in [4.78, 5) is 29.5. The number of carbonyl (C=O) groups is 2. The summed E-state index contributed by atoms with van der Waals surface area (Å²) < 4.78 is 46.0. The molecule has 0 aliphatic heterocycles. The van der Waals surface area contributed by atoms with Crippen LogP contribution in [0.5, 0.6) is 17.2 Å². The van der Waals surface area contributed by atoms with E-state index in [1.165, 1.54) is 56.6 Å². The molecule has 0 unspecified atom stereocenters. The van der Waals surface area contributed by atoms with E-state index in [9.17, 15) is 18.0 Å². The maximum Gasteiger partial charge on any atom is 0.265 e.